The molecule has 0 amide bonds. The molecule has 0 saturated carbocycles. The number of rotatable bonds is 3. The van der Waals surface area contributed by atoms with Crippen molar-refractivity contribution in [3.8, 4) is 12.1 Å². The molecule has 1 heterocycles. The van der Waals surface area contributed by atoms with Crippen LogP contribution in [0.2, 0.25) is 0 Å². The number of hydrogen-bond donors (Lipinski definition) is 2. The van der Waals surface area contributed by atoms with Crippen molar-refractivity contribution < 1.29 is 8.42 Å². The molecule has 6 nitrogen and oxygen atoms in total. The average Bonchev–Trinajstić information content (AvgIpc) is 2.96. The van der Waals surface area contributed by atoms with Gasteiger partial charge < -0.3 is 4.98 Å². The number of aromatic amines is 1. The van der Waals surface area contributed by atoms with E-state index >= 15 is 0 Å². The Morgan fingerprint density at radius 3 is 2.61 bits per heavy atom. The molecule has 2 aromatic carbocycles. The number of fused-ring (bicyclic) bond motifs is 1. The van der Waals surface area contributed by atoms with Crippen molar-refractivity contribution in [1.29, 1.82) is 10.5 Å². The second kappa shape index (κ2) is 5.48. The van der Waals surface area contributed by atoms with E-state index < -0.39 is 10.0 Å². The molecule has 0 saturated heterocycles. The summed E-state index contributed by atoms with van der Waals surface area (Å²) in [5.74, 6) is 0. The molecule has 0 aliphatic carbocycles. The lowest BCUT2D eigenvalue weighted by Gasteiger charge is -2.08. The highest BCUT2D eigenvalue weighted by molar-refractivity contribution is 7.92. The van der Waals surface area contributed by atoms with Crippen LogP contribution < -0.4 is 4.72 Å². The van der Waals surface area contributed by atoms with Crippen molar-refractivity contribution in [3.05, 3.63) is 59.8 Å². The topological polar surface area (TPSA) is 110 Å². The van der Waals surface area contributed by atoms with Crippen molar-refractivity contribution in [1.82, 2.24) is 4.98 Å². The lowest BCUT2D eigenvalue weighted by atomic mass is 10.2. The van der Waals surface area contributed by atoms with Gasteiger partial charge in [-0.15, -0.1) is 0 Å². The fourth-order valence-corrected chi connectivity index (χ4v) is 3.32. The molecule has 2 N–H and O–H groups in total. The van der Waals surface area contributed by atoms with Gasteiger partial charge in [0.25, 0.3) is 10.0 Å². The van der Waals surface area contributed by atoms with Gasteiger partial charge >= 0.3 is 0 Å². The summed E-state index contributed by atoms with van der Waals surface area (Å²) in [5.41, 5.74) is 1.79. The van der Waals surface area contributed by atoms with E-state index in [0.29, 0.717) is 16.8 Å². The van der Waals surface area contributed by atoms with Crippen LogP contribution in [0.3, 0.4) is 0 Å². The van der Waals surface area contributed by atoms with Gasteiger partial charge in [-0.05, 0) is 36.4 Å². The molecular formula is C16H10N4O2S. The predicted molar refractivity (Wildman–Crippen MR) is 85.0 cm³/mol. The first-order chi connectivity index (χ1) is 11.0. The number of anilines is 1. The number of nitrogens with one attached hydrogen (secondary N) is 2. The first-order valence-electron chi connectivity index (χ1n) is 6.58. The van der Waals surface area contributed by atoms with Crippen LogP contribution in [0, 0.1) is 22.7 Å². The lowest BCUT2D eigenvalue weighted by molar-refractivity contribution is 0.601. The van der Waals surface area contributed by atoms with Gasteiger partial charge in [0, 0.05) is 17.1 Å². The van der Waals surface area contributed by atoms with E-state index in [9.17, 15) is 8.42 Å². The van der Waals surface area contributed by atoms with Gasteiger partial charge in [0.2, 0.25) is 0 Å². The number of nitriles is 2. The third-order valence-corrected chi connectivity index (χ3v) is 4.71. The quantitative estimate of drug-likeness (QED) is 0.772. The van der Waals surface area contributed by atoms with Crippen LogP contribution in [0.15, 0.2) is 53.6 Å². The van der Waals surface area contributed by atoms with Crippen LogP contribution in [-0.4, -0.2) is 13.4 Å². The Morgan fingerprint density at radius 2 is 1.87 bits per heavy atom. The molecule has 3 aromatic rings. The molecule has 0 atom stereocenters. The van der Waals surface area contributed by atoms with Crippen molar-refractivity contribution in [2.24, 2.45) is 0 Å². The summed E-state index contributed by atoms with van der Waals surface area (Å²) >= 11 is 0. The van der Waals surface area contributed by atoms with E-state index in [2.05, 4.69) is 15.8 Å². The summed E-state index contributed by atoms with van der Waals surface area (Å²) < 4.78 is 27.2. The summed E-state index contributed by atoms with van der Waals surface area (Å²) in [4.78, 5) is 2.94. The third-order valence-electron chi connectivity index (χ3n) is 3.33. The maximum atomic E-state index is 12.4. The highest BCUT2D eigenvalue weighted by atomic mass is 32.2. The average molecular weight is 322 g/mol. The molecule has 0 spiro atoms. The normalized spacial score (nSPS) is 10.9. The number of sulfonamides is 1. The summed E-state index contributed by atoms with van der Waals surface area (Å²) in [6.45, 7) is 0. The smallest absolute Gasteiger partial charge is 0.261 e. The van der Waals surface area contributed by atoms with Crippen LogP contribution in [0.25, 0.3) is 10.9 Å². The third kappa shape index (κ3) is 2.73. The Morgan fingerprint density at radius 1 is 1.04 bits per heavy atom. The van der Waals surface area contributed by atoms with Crippen LogP contribution in [0.4, 0.5) is 5.69 Å². The minimum absolute atomic E-state index is 0.0147. The van der Waals surface area contributed by atoms with E-state index in [1.807, 2.05) is 6.07 Å². The van der Waals surface area contributed by atoms with Gasteiger partial charge in [-0.1, -0.05) is 6.07 Å². The molecule has 7 heteroatoms. The number of hydrogen-bond acceptors (Lipinski definition) is 4. The lowest BCUT2D eigenvalue weighted by Crippen LogP contribution is -2.13. The van der Waals surface area contributed by atoms with Crippen LogP contribution in [-0.2, 0) is 10.0 Å². The van der Waals surface area contributed by atoms with E-state index in [1.54, 1.807) is 24.4 Å². The van der Waals surface area contributed by atoms with Crippen LogP contribution >= 0.6 is 0 Å². The van der Waals surface area contributed by atoms with Gasteiger partial charge in [0.15, 0.2) is 0 Å². The Balaban J connectivity index is 1.97. The maximum Gasteiger partial charge on any atom is 0.261 e. The molecule has 0 radical (unpaired) electrons. The minimum Gasteiger partial charge on any atom is -0.360 e. The summed E-state index contributed by atoms with van der Waals surface area (Å²) in [6.07, 6.45) is 1.57. The molecule has 0 bridgehead atoms. The van der Waals surface area contributed by atoms with Crippen molar-refractivity contribution in [2.45, 2.75) is 4.90 Å². The molecule has 0 unspecified atom stereocenters. The first kappa shape index (κ1) is 14.6. The van der Waals surface area contributed by atoms with Gasteiger partial charge in [0.1, 0.15) is 6.07 Å². The summed E-state index contributed by atoms with van der Waals surface area (Å²) in [5, 5.41) is 18.6. The highest BCUT2D eigenvalue weighted by Crippen LogP contribution is 2.23. The summed E-state index contributed by atoms with van der Waals surface area (Å²) in [7, 11) is -3.79. The van der Waals surface area contributed by atoms with E-state index in [1.165, 1.54) is 24.3 Å². The Kier molecular flexibility index (Phi) is 3.49. The SMILES string of the molecule is N#Cc1cccc(S(=O)(=O)Nc2ccc3c(C#N)c[nH]c3c2)c1. The minimum atomic E-state index is -3.79. The zero-order valence-corrected chi connectivity index (χ0v) is 12.6. The highest BCUT2D eigenvalue weighted by Gasteiger charge is 2.15. The molecule has 0 fully saturated rings. The van der Waals surface area contributed by atoms with Gasteiger partial charge in [0.05, 0.1) is 27.8 Å². The van der Waals surface area contributed by atoms with E-state index in [-0.39, 0.29) is 10.5 Å². The number of nitrogens with zero attached hydrogens (tertiary/aromatic N) is 2. The first-order valence-corrected chi connectivity index (χ1v) is 8.06. The van der Waals surface area contributed by atoms with Crippen LogP contribution in [0.5, 0.6) is 0 Å². The zero-order chi connectivity index (χ0) is 16.4. The number of aromatic nitrogens is 1. The second-order valence-electron chi connectivity index (χ2n) is 4.82. The van der Waals surface area contributed by atoms with Crippen molar-refractivity contribution >= 4 is 26.6 Å². The Bertz CT molecular complexity index is 1090. The van der Waals surface area contributed by atoms with Gasteiger partial charge in [-0.3, -0.25) is 4.72 Å². The molecule has 0 aliphatic heterocycles. The molecule has 0 aliphatic rings. The van der Waals surface area contributed by atoms with Crippen molar-refractivity contribution in [2.75, 3.05) is 4.72 Å². The fourth-order valence-electron chi connectivity index (χ4n) is 2.23. The Hall–Kier alpha value is -3.29. The van der Waals surface area contributed by atoms with Crippen LogP contribution in [0.1, 0.15) is 11.1 Å². The fraction of sp³-hybridized carbons (Fsp3) is 0. The van der Waals surface area contributed by atoms with Crippen molar-refractivity contribution in [3.63, 3.8) is 0 Å². The largest absolute Gasteiger partial charge is 0.360 e. The van der Waals surface area contributed by atoms with Gasteiger partial charge in [-0.2, -0.15) is 10.5 Å². The maximum absolute atomic E-state index is 12.4. The molecule has 112 valence electrons. The Labute approximate surface area is 132 Å². The van der Waals surface area contributed by atoms with E-state index in [4.69, 9.17) is 10.5 Å². The molecule has 23 heavy (non-hydrogen) atoms. The second-order valence-corrected chi connectivity index (χ2v) is 6.50. The molecule has 3 rings (SSSR count). The molecule has 1 aromatic heterocycles. The zero-order valence-electron chi connectivity index (χ0n) is 11.7. The monoisotopic (exact) mass is 322 g/mol. The summed E-state index contributed by atoms with van der Waals surface area (Å²) in [6, 6.07) is 14.6. The number of benzene rings is 2. The predicted octanol–water partition coefficient (Wildman–Crippen LogP) is 2.71. The van der Waals surface area contributed by atoms with Gasteiger partial charge in [-0.25, -0.2) is 8.42 Å². The van der Waals surface area contributed by atoms with E-state index in [0.717, 1.165) is 5.39 Å². The number of H-pyrrole nitrogens is 1. The standard InChI is InChI=1S/C16H10N4O2S/c17-8-11-2-1-3-14(6-11)23(21,22)20-13-4-5-15-12(9-18)10-19-16(15)7-13/h1-7,10,19-20H. The molecular weight excluding hydrogens is 312 g/mol.